The fourth-order valence-electron chi connectivity index (χ4n) is 1.70. The zero-order chi connectivity index (χ0) is 13.8. The van der Waals surface area contributed by atoms with E-state index in [1.54, 1.807) is 6.20 Å². The number of hydrogen-bond acceptors (Lipinski definition) is 4. The van der Waals surface area contributed by atoms with Crippen molar-refractivity contribution in [1.82, 2.24) is 9.97 Å². The second-order valence-electron chi connectivity index (χ2n) is 4.55. The predicted molar refractivity (Wildman–Crippen MR) is 79.8 cm³/mol. The summed E-state index contributed by atoms with van der Waals surface area (Å²) < 4.78 is 0. The lowest BCUT2D eigenvalue weighted by molar-refractivity contribution is 0.868. The van der Waals surface area contributed by atoms with Gasteiger partial charge < -0.3 is 10.2 Å². The molecule has 5 heteroatoms. The van der Waals surface area contributed by atoms with Crippen LogP contribution in [0.2, 0.25) is 5.02 Å². The molecule has 4 nitrogen and oxygen atoms in total. The molecule has 0 radical (unpaired) electrons. The van der Waals surface area contributed by atoms with Crippen LogP contribution in [0.5, 0.6) is 0 Å². The summed E-state index contributed by atoms with van der Waals surface area (Å²) in [7, 11) is 3.84. The maximum absolute atomic E-state index is 5.89. The van der Waals surface area contributed by atoms with Gasteiger partial charge in [0.1, 0.15) is 5.82 Å². The number of halogens is 1. The van der Waals surface area contributed by atoms with Gasteiger partial charge in [-0.15, -0.1) is 0 Å². The Kier molecular flexibility index (Phi) is 4.22. The molecule has 0 saturated carbocycles. The van der Waals surface area contributed by atoms with Crippen LogP contribution in [0.4, 0.5) is 11.8 Å². The van der Waals surface area contributed by atoms with E-state index >= 15 is 0 Å². The molecule has 19 heavy (non-hydrogen) atoms. The average molecular weight is 277 g/mol. The molecule has 0 saturated heterocycles. The molecule has 2 aromatic rings. The van der Waals surface area contributed by atoms with Crippen molar-refractivity contribution in [2.75, 3.05) is 24.3 Å². The third-order valence-corrected chi connectivity index (χ3v) is 3.03. The van der Waals surface area contributed by atoms with Gasteiger partial charge in [-0.3, -0.25) is 0 Å². The third-order valence-electron chi connectivity index (χ3n) is 2.78. The minimum Gasteiger partial charge on any atom is -0.363 e. The third kappa shape index (κ3) is 3.58. The lowest BCUT2D eigenvalue weighted by Gasteiger charge is -2.16. The van der Waals surface area contributed by atoms with Gasteiger partial charge in [-0.1, -0.05) is 23.7 Å². The fourth-order valence-corrected chi connectivity index (χ4v) is 1.83. The molecule has 0 aliphatic rings. The highest BCUT2D eigenvalue weighted by atomic mass is 35.5. The normalized spacial score (nSPS) is 12.0. The Hall–Kier alpha value is -1.81. The van der Waals surface area contributed by atoms with Gasteiger partial charge in [0, 0.05) is 31.4 Å². The standard InChI is InChI=1S/C14H17ClN4/c1-10(11-4-6-12(15)7-5-11)17-13-8-9-16-14(18-13)19(2)3/h4-10H,1-3H3,(H,16,17,18). The van der Waals surface area contributed by atoms with Gasteiger partial charge in [-0.2, -0.15) is 4.98 Å². The van der Waals surface area contributed by atoms with Crippen molar-refractivity contribution in [3.63, 3.8) is 0 Å². The summed E-state index contributed by atoms with van der Waals surface area (Å²) in [6, 6.07) is 9.81. The van der Waals surface area contributed by atoms with Crippen molar-refractivity contribution in [1.29, 1.82) is 0 Å². The first-order chi connectivity index (χ1) is 9.06. The second-order valence-corrected chi connectivity index (χ2v) is 4.99. The average Bonchev–Trinajstić information content (AvgIpc) is 2.39. The Balaban J connectivity index is 2.12. The van der Waals surface area contributed by atoms with E-state index in [0.29, 0.717) is 5.95 Å². The van der Waals surface area contributed by atoms with Gasteiger partial charge in [-0.05, 0) is 30.7 Å². The summed E-state index contributed by atoms with van der Waals surface area (Å²) >= 11 is 5.89. The summed E-state index contributed by atoms with van der Waals surface area (Å²) in [6.45, 7) is 2.08. The molecule has 1 unspecified atom stereocenters. The van der Waals surface area contributed by atoms with Gasteiger partial charge in [0.15, 0.2) is 0 Å². The molecule has 0 bridgehead atoms. The van der Waals surface area contributed by atoms with Gasteiger partial charge >= 0.3 is 0 Å². The molecule has 0 aliphatic carbocycles. The minimum absolute atomic E-state index is 0.155. The second kappa shape index (κ2) is 5.89. The van der Waals surface area contributed by atoms with Crippen molar-refractivity contribution in [2.24, 2.45) is 0 Å². The predicted octanol–water partition coefficient (Wildman–Crippen LogP) is 3.37. The highest BCUT2D eigenvalue weighted by Crippen LogP contribution is 2.20. The number of rotatable bonds is 4. The van der Waals surface area contributed by atoms with Crippen molar-refractivity contribution in [2.45, 2.75) is 13.0 Å². The van der Waals surface area contributed by atoms with Crippen LogP contribution >= 0.6 is 11.6 Å². The number of nitrogens with zero attached hydrogens (tertiary/aromatic N) is 3. The van der Waals surface area contributed by atoms with E-state index in [1.165, 1.54) is 0 Å². The summed E-state index contributed by atoms with van der Waals surface area (Å²) in [5.74, 6) is 1.49. The van der Waals surface area contributed by atoms with Crippen molar-refractivity contribution in [3.05, 3.63) is 47.1 Å². The number of aromatic nitrogens is 2. The Labute approximate surface area is 118 Å². The van der Waals surface area contributed by atoms with Crippen LogP contribution in [0.15, 0.2) is 36.5 Å². The molecule has 1 aromatic carbocycles. The largest absolute Gasteiger partial charge is 0.363 e. The van der Waals surface area contributed by atoms with Gasteiger partial charge in [0.25, 0.3) is 0 Å². The van der Waals surface area contributed by atoms with Gasteiger partial charge in [0.2, 0.25) is 5.95 Å². The number of nitrogens with one attached hydrogen (secondary N) is 1. The molecule has 1 aromatic heterocycles. The van der Waals surface area contributed by atoms with E-state index in [4.69, 9.17) is 11.6 Å². The molecule has 0 fully saturated rings. The molecule has 0 aliphatic heterocycles. The first-order valence-corrected chi connectivity index (χ1v) is 6.46. The maximum Gasteiger partial charge on any atom is 0.226 e. The van der Waals surface area contributed by atoms with E-state index in [1.807, 2.05) is 49.3 Å². The van der Waals surface area contributed by atoms with E-state index in [0.717, 1.165) is 16.4 Å². The van der Waals surface area contributed by atoms with Crippen LogP contribution in [0.1, 0.15) is 18.5 Å². The first kappa shape index (κ1) is 13.6. The zero-order valence-electron chi connectivity index (χ0n) is 11.3. The highest BCUT2D eigenvalue weighted by molar-refractivity contribution is 6.30. The summed E-state index contributed by atoms with van der Waals surface area (Å²) in [5.41, 5.74) is 1.16. The van der Waals surface area contributed by atoms with Crippen LogP contribution < -0.4 is 10.2 Å². The van der Waals surface area contributed by atoms with Crippen molar-refractivity contribution < 1.29 is 0 Å². The van der Waals surface area contributed by atoms with Crippen LogP contribution in [0.25, 0.3) is 0 Å². The maximum atomic E-state index is 5.89. The molecule has 100 valence electrons. The molecule has 0 amide bonds. The van der Waals surface area contributed by atoms with E-state index in [9.17, 15) is 0 Å². The van der Waals surface area contributed by atoms with Crippen molar-refractivity contribution >= 4 is 23.4 Å². The molecule has 1 heterocycles. The summed E-state index contributed by atoms with van der Waals surface area (Å²) in [4.78, 5) is 10.5. The molecule has 2 rings (SSSR count). The van der Waals surface area contributed by atoms with E-state index < -0.39 is 0 Å². The van der Waals surface area contributed by atoms with Gasteiger partial charge in [0.05, 0.1) is 0 Å². The van der Waals surface area contributed by atoms with Crippen molar-refractivity contribution in [3.8, 4) is 0 Å². The van der Waals surface area contributed by atoms with Crippen LogP contribution in [-0.4, -0.2) is 24.1 Å². The van der Waals surface area contributed by atoms with Crippen LogP contribution in [0.3, 0.4) is 0 Å². The van der Waals surface area contributed by atoms with Crippen LogP contribution in [-0.2, 0) is 0 Å². The lowest BCUT2D eigenvalue weighted by atomic mass is 10.1. The lowest BCUT2D eigenvalue weighted by Crippen LogP contribution is -2.14. The minimum atomic E-state index is 0.155. The van der Waals surface area contributed by atoms with E-state index in [2.05, 4.69) is 22.2 Å². The molecular weight excluding hydrogens is 260 g/mol. The summed E-state index contributed by atoms with van der Waals surface area (Å²) in [5, 5.41) is 4.10. The smallest absolute Gasteiger partial charge is 0.226 e. The fraction of sp³-hybridized carbons (Fsp3) is 0.286. The Morgan fingerprint density at radius 2 is 1.84 bits per heavy atom. The molecular formula is C14H17ClN4. The topological polar surface area (TPSA) is 41.1 Å². The molecule has 1 N–H and O–H groups in total. The highest BCUT2D eigenvalue weighted by Gasteiger charge is 2.07. The molecule has 0 spiro atoms. The SMILES string of the molecule is CC(Nc1ccnc(N(C)C)n1)c1ccc(Cl)cc1. The van der Waals surface area contributed by atoms with Gasteiger partial charge in [-0.25, -0.2) is 4.98 Å². The van der Waals surface area contributed by atoms with E-state index in [-0.39, 0.29) is 6.04 Å². The quantitative estimate of drug-likeness (QED) is 0.930. The summed E-state index contributed by atoms with van der Waals surface area (Å²) in [6.07, 6.45) is 1.75. The first-order valence-electron chi connectivity index (χ1n) is 6.08. The Morgan fingerprint density at radius 1 is 1.16 bits per heavy atom. The Bertz CT molecular complexity index is 539. The molecule has 1 atom stereocenters. The number of hydrogen-bond donors (Lipinski definition) is 1. The number of benzene rings is 1. The zero-order valence-corrected chi connectivity index (χ0v) is 12.0. The Morgan fingerprint density at radius 3 is 2.47 bits per heavy atom. The van der Waals surface area contributed by atoms with Crippen LogP contribution in [0, 0.1) is 0 Å². The monoisotopic (exact) mass is 276 g/mol. The number of anilines is 2.